The van der Waals surface area contributed by atoms with Crippen LogP contribution in [0.25, 0.3) is 11.2 Å². The predicted octanol–water partition coefficient (Wildman–Crippen LogP) is 9.30. The van der Waals surface area contributed by atoms with Crippen LogP contribution in [0.3, 0.4) is 0 Å². The van der Waals surface area contributed by atoms with Crippen molar-refractivity contribution in [3.05, 3.63) is 111 Å². The number of halogens is 1. The van der Waals surface area contributed by atoms with Crippen molar-refractivity contribution in [3.8, 4) is 0 Å². The SMILES string of the molecule is CCCCCCCCCCCCC(=O)NS(=O)(=O)c1ccc(NC(=O)/C(=N\c2ccc(N(CC)CC)c3c2CCCC3)c2nc3nccnc3c(=O)n2CCOC(=O)c2ccccc2)c(Cl)c1. The second-order valence-corrected chi connectivity index (χ2v) is 18.7. The van der Waals surface area contributed by atoms with Crippen LogP contribution >= 0.6 is 11.6 Å². The molecule has 1 aliphatic rings. The molecular formula is C50H61ClN8O7S. The molecule has 15 nitrogen and oxygen atoms in total. The number of fused-ring (bicyclic) bond motifs is 2. The minimum Gasteiger partial charge on any atom is -0.460 e. The van der Waals surface area contributed by atoms with Gasteiger partial charge in [-0.25, -0.2) is 37.9 Å². The van der Waals surface area contributed by atoms with Gasteiger partial charge in [0.25, 0.3) is 21.5 Å². The number of anilines is 2. The van der Waals surface area contributed by atoms with Gasteiger partial charge in [-0.1, -0.05) is 94.5 Å². The summed E-state index contributed by atoms with van der Waals surface area (Å²) in [6, 6.07) is 15.9. The Balaban J connectivity index is 1.29. The van der Waals surface area contributed by atoms with Crippen LogP contribution in [0.5, 0.6) is 0 Å². The van der Waals surface area contributed by atoms with Gasteiger partial charge in [0.15, 0.2) is 22.7 Å². The van der Waals surface area contributed by atoms with E-state index in [1.807, 2.05) is 12.1 Å². The van der Waals surface area contributed by atoms with Gasteiger partial charge in [-0.2, -0.15) is 0 Å². The quantitative estimate of drug-likeness (QED) is 0.0340. The summed E-state index contributed by atoms with van der Waals surface area (Å²) >= 11 is 6.69. The molecule has 17 heteroatoms. The zero-order valence-electron chi connectivity index (χ0n) is 38.7. The van der Waals surface area contributed by atoms with Crippen molar-refractivity contribution in [3.63, 3.8) is 0 Å². The zero-order chi connectivity index (χ0) is 47.8. The molecule has 0 saturated heterocycles. The fourth-order valence-corrected chi connectivity index (χ4v) is 9.65. The highest BCUT2D eigenvalue weighted by atomic mass is 35.5. The van der Waals surface area contributed by atoms with E-state index in [-0.39, 0.29) is 57.9 Å². The molecule has 0 aliphatic heterocycles. The molecule has 2 amide bonds. The Kier molecular flexibility index (Phi) is 18.6. The smallest absolute Gasteiger partial charge is 0.338 e. The standard InChI is InChI=1S/C50H61ClN8O7S/c1-4-7-8-9-10-11-12-13-14-18-25-43(60)57-67(64,65)36-26-27-41(39(51)34-36)55-48(61)45(54-40-28-29-42(58(5-2)6-3)38-24-20-19-23-37(38)40)47-56-46-44(52-30-31-53-46)49(62)59(47)32-33-66-50(63)35-21-16-15-17-22-35/h15-17,21-22,26-31,34H,4-14,18-20,23-25,32-33H2,1-3H3,(H,55,61)(H,57,60)/b54-45-. The topological polar surface area (TPSA) is 195 Å². The maximum atomic E-state index is 14.8. The van der Waals surface area contributed by atoms with Crippen LogP contribution in [0.1, 0.15) is 132 Å². The number of ether oxygens (including phenoxy) is 1. The molecule has 0 radical (unpaired) electrons. The molecule has 1 aliphatic carbocycles. The lowest BCUT2D eigenvalue weighted by molar-refractivity contribution is -0.119. The number of sulfonamides is 1. The summed E-state index contributed by atoms with van der Waals surface area (Å²) in [5.41, 5.74) is 3.01. The number of hydrogen-bond donors (Lipinski definition) is 2. The second-order valence-electron chi connectivity index (χ2n) is 16.6. The van der Waals surface area contributed by atoms with Gasteiger partial charge in [0.2, 0.25) is 5.91 Å². The van der Waals surface area contributed by atoms with Crippen LogP contribution < -0.4 is 20.5 Å². The summed E-state index contributed by atoms with van der Waals surface area (Å²) in [4.78, 5) is 74.9. The third-order valence-corrected chi connectivity index (χ3v) is 13.6. The number of carbonyl (C=O) groups excluding carboxylic acids is 3. The highest BCUT2D eigenvalue weighted by Gasteiger charge is 2.27. The molecule has 2 heterocycles. The molecule has 0 unspecified atom stereocenters. The lowest BCUT2D eigenvalue weighted by atomic mass is 9.88. The van der Waals surface area contributed by atoms with E-state index in [0.717, 1.165) is 80.9 Å². The predicted molar refractivity (Wildman–Crippen MR) is 263 cm³/mol. The minimum atomic E-state index is -4.30. The summed E-state index contributed by atoms with van der Waals surface area (Å²) in [6.07, 6.45) is 17.0. The Morgan fingerprint density at radius 3 is 2.19 bits per heavy atom. The number of nitrogens with one attached hydrogen (secondary N) is 2. The van der Waals surface area contributed by atoms with Gasteiger partial charge in [0.1, 0.15) is 6.61 Å². The number of amides is 2. The molecule has 3 aromatic carbocycles. The summed E-state index contributed by atoms with van der Waals surface area (Å²) < 4.78 is 35.6. The number of rotatable bonds is 24. The van der Waals surface area contributed by atoms with E-state index in [2.05, 4.69) is 50.7 Å². The zero-order valence-corrected chi connectivity index (χ0v) is 40.3. The van der Waals surface area contributed by atoms with E-state index >= 15 is 0 Å². The summed E-state index contributed by atoms with van der Waals surface area (Å²) in [5.74, 6) is -2.23. The number of aromatic nitrogens is 4. The fourth-order valence-electron chi connectivity index (χ4n) is 8.32. The summed E-state index contributed by atoms with van der Waals surface area (Å²) in [6.45, 7) is 7.50. The normalized spacial score (nSPS) is 12.7. The van der Waals surface area contributed by atoms with Crippen LogP contribution in [0.15, 0.2) is 87.7 Å². The van der Waals surface area contributed by atoms with E-state index in [1.54, 1.807) is 30.3 Å². The van der Waals surface area contributed by atoms with Crippen LogP contribution in [0.2, 0.25) is 5.02 Å². The average molecular weight is 954 g/mol. The monoisotopic (exact) mass is 952 g/mol. The number of aliphatic imine (C=N–C) groups is 1. The lowest BCUT2D eigenvalue weighted by Crippen LogP contribution is -2.35. The van der Waals surface area contributed by atoms with Crippen molar-refractivity contribution in [2.24, 2.45) is 4.99 Å². The summed E-state index contributed by atoms with van der Waals surface area (Å²) in [5, 5.41) is 2.62. The van der Waals surface area contributed by atoms with Crippen molar-refractivity contribution >= 4 is 73.3 Å². The molecule has 356 valence electrons. The van der Waals surface area contributed by atoms with Crippen molar-refractivity contribution in [1.29, 1.82) is 0 Å². The first-order chi connectivity index (χ1) is 32.4. The number of hydrogen-bond acceptors (Lipinski definition) is 12. The van der Waals surface area contributed by atoms with Gasteiger partial charge in [0, 0.05) is 37.6 Å². The van der Waals surface area contributed by atoms with Crippen LogP contribution in [0.4, 0.5) is 17.1 Å². The highest BCUT2D eigenvalue weighted by molar-refractivity contribution is 7.90. The largest absolute Gasteiger partial charge is 0.460 e. The third kappa shape index (κ3) is 13.3. The number of carbonyl (C=O) groups is 3. The van der Waals surface area contributed by atoms with Gasteiger partial charge in [-0.3, -0.25) is 19.0 Å². The number of unbranched alkanes of at least 4 members (excludes halogenated alkanes) is 9. The Hall–Kier alpha value is -6.00. The second kappa shape index (κ2) is 24.7. The minimum absolute atomic E-state index is 0.0279. The van der Waals surface area contributed by atoms with Crippen molar-refractivity contribution in [2.75, 3.05) is 29.9 Å². The van der Waals surface area contributed by atoms with Crippen molar-refractivity contribution in [1.82, 2.24) is 24.2 Å². The molecule has 0 spiro atoms. The molecule has 5 aromatic rings. The Bertz CT molecular complexity index is 2720. The van der Waals surface area contributed by atoms with E-state index in [1.165, 1.54) is 61.2 Å². The first-order valence-electron chi connectivity index (χ1n) is 23.5. The van der Waals surface area contributed by atoms with E-state index in [0.29, 0.717) is 24.1 Å². The van der Waals surface area contributed by atoms with E-state index < -0.39 is 33.4 Å². The summed E-state index contributed by atoms with van der Waals surface area (Å²) in [7, 11) is -4.30. The molecule has 0 fully saturated rings. The van der Waals surface area contributed by atoms with E-state index in [9.17, 15) is 27.6 Å². The van der Waals surface area contributed by atoms with Crippen molar-refractivity contribution in [2.45, 2.75) is 129 Å². The van der Waals surface area contributed by atoms with E-state index in [4.69, 9.17) is 21.3 Å². The third-order valence-electron chi connectivity index (χ3n) is 11.9. The molecule has 0 atom stereocenters. The van der Waals surface area contributed by atoms with Gasteiger partial charge in [-0.05, 0) is 99.5 Å². The maximum Gasteiger partial charge on any atom is 0.338 e. The molecule has 2 N–H and O–H groups in total. The molecule has 6 rings (SSSR count). The fraction of sp³-hybridized carbons (Fsp3) is 0.440. The number of nitrogens with zero attached hydrogens (tertiary/aromatic N) is 6. The Morgan fingerprint density at radius 2 is 1.51 bits per heavy atom. The Labute approximate surface area is 397 Å². The van der Waals surface area contributed by atoms with Crippen LogP contribution in [0, 0.1) is 0 Å². The first-order valence-corrected chi connectivity index (χ1v) is 25.4. The molecule has 67 heavy (non-hydrogen) atoms. The van der Waals surface area contributed by atoms with Crippen molar-refractivity contribution < 1.29 is 27.5 Å². The van der Waals surface area contributed by atoms with Gasteiger partial charge in [-0.15, -0.1) is 0 Å². The van der Waals surface area contributed by atoms with Crippen LogP contribution in [-0.2, 0) is 43.7 Å². The number of benzene rings is 3. The molecule has 0 saturated carbocycles. The van der Waals surface area contributed by atoms with Gasteiger partial charge < -0.3 is 15.0 Å². The number of esters is 1. The molecule has 2 aromatic heterocycles. The van der Waals surface area contributed by atoms with Crippen LogP contribution in [-0.4, -0.2) is 71.1 Å². The van der Waals surface area contributed by atoms with Gasteiger partial charge in [0.05, 0.1) is 33.4 Å². The maximum absolute atomic E-state index is 14.8. The average Bonchev–Trinajstić information content (AvgIpc) is 3.33. The first kappa shape index (κ1) is 50.4. The molecular weight excluding hydrogens is 892 g/mol. The van der Waals surface area contributed by atoms with Gasteiger partial charge >= 0.3 is 5.97 Å². The lowest BCUT2D eigenvalue weighted by Gasteiger charge is -2.29. The highest BCUT2D eigenvalue weighted by Crippen LogP contribution is 2.37. The Morgan fingerprint density at radius 1 is 0.836 bits per heavy atom. The molecule has 0 bridgehead atoms.